The Hall–Kier alpha value is -2.62. The molecule has 0 aliphatic rings. The lowest BCUT2D eigenvalue weighted by Crippen LogP contribution is -2.44. The maximum atomic E-state index is 13.0. The molecule has 0 aliphatic carbocycles. The quantitative estimate of drug-likeness (QED) is 0.398. The van der Waals surface area contributed by atoms with E-state index in [1.807, 2.05) is 52.0 Å². The molecule has 4 heteroatoms. The summed E-state index contributed by atoms with van der Waals surface area (Å²) in [5.41, 5.74) is 2.48. The van der Waals surface area contributed by atoms with Crippen molar-refractivity contribution in [2.24, 2.45) is 5.41 Å². The highest BCUT2D eigenvalue weighted by Crippen LogP contribution is 2.33. The van der Waals surface area contributed by atoms with Crippen LogP contribution in [0, 0.1) is 33.1 Å². The van der Waals surface area contributed by atoms with E-state index in [2.05, 4.69) is 0 Å². The summed E-state index contributed by atoms with van der Waals surface area (Å²) < 4.78 is 11.3. The predicted molar refractivity (Wildman–Crippen MR) is 106 cm³/mol. The van der Waals surface area contributed by atoms with Crippen molar-refractivity contribution in [2.75, 3.05) is 0 Å². The summed E-state index contributed by atoms with van der Waals surface area (Å²) >= 11 is 0. The van der Waals surface area contributed by atoms with Gasteiger partial charge in [-0.3, -0.25) is 9.59 Å². The number of carbonyl (C=O) groups excluding carboxylic acids is 2. The molecular formula is C23H28O4. The third kappa shape index (κ3) is 4.05. The van der Waals surface area contributed by atoms with Gasteiger partial charge in [-0.1, -0.05) is 38.1 Å². The summed E-state index contributed by atoms with van der Waals surface area (Å²) in [5.74, 6) is -0.190. The van der Waals surface area contributed by atoms with Gasteiger partial charge in [-0.25, -0.2) is 0 Å². The highest BCUT2D eigenvalue weighted by molar-refractivity contribution is 6.01. The number of esters is 2. The van der Waals surface area contributed by atoms with Crippen LogP contribution in [-0.4, -0.2) is 11.9 Å². The van der Waals surface area contributed by atoms with Crippen molar-refractivity contribution in [2.45, 2.75) is 54.4 Å². The second kappa shape index (κ2) is 8.38. The summed E-state index contributed by atoms with van der Waals surface area (Å²) in [4.78, 5) is 26.0. The lowest BCUT2D eigenvalue weighted by atomic mass is 9.82. The first-order valence-corrected chi connectivity index (χ1v) is 9.33. The van der Waals surface area contributed by atoms with Crippen molar-refractivity contribution in [3.05, 3.63) is 58.7 Å². The molecule has 2 aromatic rings. The van der Waals surface area contributed by atoms with E-state index in [-0.39, 0.29) is 0 Å². The fourth-order valence-corrected chi connectivity index (χ4v) is 2.98. The van der Waals surface area contributed by atoms with Crippen LogP contribution in [0.4, 0.5) is 0 Å². The average molecular weight is 368 g/mol. The van der Waals surface area contributed by atoms with Crippen molar-refractivity contribution in [3.8, 4) is 11.5 Å². The molecule has 2 aromatic carbocycles. The minimum atomic E-state index is -1.34. The van der Waals surface area contributed by atoms with Gasteiger partial charge in [0.2, 0.25) is 0 Å². The summed E-state index contributed by atoms with van der Waals surface area (Å²) in [7, 11) is 0. The lowest BCUT2D eigenvalue weighted by molar-refractivity contribution is -0.161. The topological polar surface area (TPSA) is 52.6 Å². The summed E-state index contributed by atoms with van der Waals surface area (Å²) in [5, 5.41) is 0. The monoisotopic (exact) mass is 368 g/mol. The van der Waals surface area contributed by atoms with E-state index in [1.165, 1.54) is 0 Å². The first-order chi connectivity index (χ1) is 12.8. The molecule has 0 fully saturated rings. The van der Waals surface area contributed by atoms with Crippen LogP contribution in [0.2, 0.25) is 0 Å². The van der Waals surface area contributed by atoms with Crippen LogP contribution < -0.4 is 9.47 Å². The molecule has 144 valence electrons. The number of hydrogen-bond acceptors (Lipinski definition) is 4. The van der Waals surface area contributed by atoms with Crippen molar-refractivity contribution < 1.29 is 19.1 Å². The van der Waals surface area contributed by atoms with Gasteiger partial charge in [0.25, 0.3) is 0 Å². The molecule has 0 N–H and O–H groups in total. The molecule has 0 amide bonds. The van der Waals surface area contributed by atoms with Gasteiger partial charge in [0.1, 0.15) is 11.5 Å². The number of carbonyl (C=O) groups is 2. The Labute approximate surface area is 161 Å². The maximum Gasteiger partial charge on any atom is 0.328 e. The van der Waals surface area contributed by atoms with Gasteiger partial charge in [-0.2, -0.15) is 0 Å². The van der Waals surface area contributed by atoms with Gasteiger partial charge in [-0.15, -0.1) is 0 Å². The van der Waals surface area contributed by atoms with Crippen LogP contribution in [0.15, 0.2) is 36.4 Å². The highest BCUT2D eigenvalue weighted by atomic mass is 16.6. The van der Waals surface area contributed by atoms with Gasteiger partial charge < -0.3 is 9.47 Å². The second-order valence-electron chi connectivity index (χ2n) is 6.96. The van der Waals surface area contributed by atoms with E-state index in [0.717, 1.165) is 22.3 Å². The van der Waals surface area contributed by atoms with Gasteiger partial charge in [0.15, 0.2) is 5.41 Å². The third-order valence-corrected chi connectivity index (χ3v) is 5.50. The largest absolute Gasteiger partial charge is 0.425 e. The number of rotatable bonds is 6. The van der Waals surface area contributed by atoms with Crippen LogP contribution in [-0.2, 0) is 9.59 Å². The Kier molecular flexibility index (Phi) is 6.42. The standard InChI is InChI=1S/C23H28O4/c1-7-23(8-2,21(24)26-19-13-9-11-15(3)17(19)5)22(25)27-20-14-10-12-16(4)18(20)6/h9-14H,7-8H2,1-6H3. The molecule has 0 bridgehead atoms. The van der Waals surface area contributed by atoms with E-state index in [9.17, 15) is 9.59 Å². The van der Waals surface area contributed by atoms with Gasteiger partial charge in [-0.05, 0) is 74.9 Å². The Balaban J connectivity index is 2.32. The Morgan fingerprint density at radius 2 is 1.11 bits per heavy atom. The molecule has 27 heavy (non-hydrogen) atoms. The molecule has 0 atom stereocenters. The molecule has 0 heterocycles. The molecule has 0 unspecified atom stereocenters. The molecule has 4 nitrogen and oxygen atoms in total. The van der Waals surface area contributed by atoms with Crippen molar-refractivity contribution >= 4 is 11.9 Å². The van der Waals surface area contributed by atoms with Crippen LogP contribution in [0.3, 0.4) is 0 Å². The maximum absolute atomic E-state index is 13.0. The Morgan fingerprint density at radius 1 is 0.741 bits per heavy atom. The van der Waals surface area contributed by atoms with E-state index in [4.69, 9.17) is 9.47 Å². The molecule has 0 aromatic heterocycles. The third-order valence-electron chi connectivity index (χ3n) is 5.50. The summed E-state index contributed by atoms with van der Waals surface area (Å²) in [6.07, 6.45) is 0.605. The molecule has 0 radical (unpaired) electrons. The summed E-state index contributed by atoms with van der Waals surface area (Å²) in [6, 6.07) is 11.1. The fourth-order valence-electron chi connectivity index (χ4n) is 2.98. The van der Waals surface area contributed by atoms with Crippen LogP contribution >= 0.6 is 0 Å². The van der Waals surface area contributed by atoms with Gasteiger partial charge in [0, 0.05) is 0 Å². The molecule has 0 spiro atoms. The van der Waals surface area contributed by atoms with Crippen molar-refractivity contribution in [1.82, 2.24) is 0 Å². The minimum Gasteiger partial charge on any atom is -0.425 e. The van der Waals surface area contributed by atoms with Gasteiger partial charge >= 0.3 is 11.9 Å². The first-order valence-electron chi connectivity index (χ1n) is 9.33. The second-order valence-corrected chi connectivity index (χ2v) is 6.96. The highest BCUT2D eigenvalue weighted by Gasteiger charge is 2.46. The number of benzene rings is 2. The van der Waals surface area contributed by atoms with Gasteiger partial charge in [0.05, 0.1) is 0 Å². The predicted octanol–water partition coefficient (Wildman–Crippen LogP) is 5.24. The van der Waals surface area contributed by atoms with E-state index >= 15 is 0 Å². The normalized spacial score (nSPS) is 11.2. The number of ether oxygens (including phenoxy) is 2. The average Bonchev–Trinajstić information content (AvgIpc) is 2.64. The minimum absolute atomic E-state index is 0.302. The zero-order chi connectivity index (χ0) is 20.2. The molecule has 0 saturated carbocycles. The van der Waals surface area contributed by atoms with Crippen molar-refractivity contribution in [1.29, 1.82) is 0 Å². The van der Waals surface area contributed by atoms with Crippen LogP contribution in [0.1, 0.15) is 48.9 Å². The zero-order valence-corrected chi connectivity index (χ0v) is 17.0. The molecular weight excluding hydrogens is 340 g/mol. The van der Waals surface area contributed by atoms with Crippen LogP contribution in [0.5, 0.6) is 11.5 Å². The first kappa shape index (κ1) is 20.7. The lowest BCUT2D eigenvalue weighted by Gasteiger charge is -2.27. The number of aryl methyl sites for hydroxylation is 2. The SMILES string of the molecule is CCC(CC)(C(=O)Oc1cccc(C)c1C)C(=O)Oc1cccc(C)c1C. The van der Waals surface area contributed by atoms with Crippen molar-refractivity contribution in [3.63, 3.8) is 0 Å². The number of hydrogen-bond donors (Lipinski definition) is 0. The Morgan fingerprint density at radius 3 is 1.44 bits per heavy atom. The molecule has 0 aliphatic heterocycles. The van der Waals surface area contributed by atoms with E-state index in [0.29, 0.717) is 24.3 Å². The smallest absolute Gasteiger partial charge is 0.328 e. The summed E-state index contributed by atoms with van der Waals surface area (Å²) in [6.45, 7) is 11.3. The van der Waals surface area contributed by atoms with E-state index in [1.54, 1.807) is 26.0 Å². The molecule has 0 saturated heterocycles. The fraction of sp³-hybridized carbons (Fsp3) is 0.391. The Bertz CT molecular complexity index is 780. The van der Waals surface area contributed by atoms with E-state index < -0.39 is 17.4 Å². The molecule has 2 rings (SSSR count). The zero-order valence-electron chi connectivity index (χ0n) is 17.0. The van der Waals surface area contributed by atoms with Crippen LogP contribution in [0.25, 0.3) is 0 Å².